The SMILES string of the molecule is O=C(Nc1ccc(NCc2ccncc2)cc1)C1CC1. The molecule has 0 aliphatic heterocycles. The summed E-state index contributed by atoms with van der Waals surface area (Å²) in [5, 5.41) is 6.27. The first kappa shape index (κ1) is 12.7. The minimum atomic E-state index is 0.141. The van der Waals surface area contributed by atoms with Crippen molar-refractivity contribution in [1.82, 2.24) is 4.98 Å². The van der Waals surface area contributed by atoms with Gasteiger partial charge in [0.2, 0.25) is 5.91 Å². The Labute approximate surface area is 118 Å². The van der Waals surface area contributed by atoms with Gasteiger partial charge in [0, 0.05) is 36.2 Å². The van der Waals surface area contributed by atoms with E-state index in [1.165, 1.54) is 5.56 Å². The van der Waals surface area contributed by atoms with E-state index in [4.69, 9.17) is 0 Å². The Morgan fingerprint density at radius 3 is 2.35 bits per heavy atom. The van der Waals surface area contributed by atoms with Crippen molar-refractivity contribution in [1.29, 1.82) is 0 Å². The predicted molar refractivity (Wildman–Crippen MR) is 79.4 cm³/mol. The summed E-state index contributed by atoms with van der Waals surface area (Å²) in [5.41, 5.74) is 3.08. The van der Waals surface area contributed by atoms with Crippen LogP contribution in [-0.2, 0) is 11.3 Å². The van der Waals surface area contributed by atoms with Gasteiger partial charge in [0.1, 0.15) is 0 Å². The molecule has 0 spiro atoms. The topological polar surface area (TPSA) is 54.0 Å². The maximum atomic E-state index is 11.6. The summed E-state index contributed by atoms with van der Waals surface area (Å²) in [6, 6.07) is 11.8. The first-order valence-corrected chi connectivity index (χ1v) is 6.85. The predicted octanol–water partition coefficient (Wildman–Crippen LogP) is 3.04. The number of benzene rings is 1. The molecule has 4 heteroatoms. The minimum absolute atomic E-state index is 0.141. The van der Waals surface area contributed by atoms with Crippen LogP contribution in [0.5, 0.6) is 0 Å². The number of rotatable bonds is 5. The number of hydrogen-bond donors (Lipinski definition) is 2. The Kier molecular flexibility index (Phi) is 3.63. The van der Waals surface area contributed by atoms with E-state index >= 15 is 0 Å². The van der Waals surface area contributed by atoms with Gasteiger partial charge in [0.25, 0.3) is 0 Å². The number of amides is 1. The zero-order valence-electron chi connectivity index (χ0n) is 11.2. The highest BCUT2D eigenvalue weighted by atomic mass is 16.2. The Morgan fingerprint density at radius 1 is 1.05 bits per heavy atom. The zero-order valence-corrected chi connectivity index (χ0v) is 11.2. The quantitative estimate of drug-likeness (QED) is 0.875. The average molecular weight is 267 g/mol. The molecule has 0 bridgehead atoms. The van der Waals surface area contributed by atoms with Crippen molar-refractivity contribution in [3.05, 3.63) is 54.4 Å². The maximum absolute atomic E-state index is 11.6. The molecule has 1 aromatic carbocycles. The first-order chi connectivity index (χ1) is 9.81. The molecule has 0 saturated heterocycles. The van der Waals surface area contributed by atoms with E-state index in [1.807, 2.05) is 36.4 Å². The summed E-state index contributed by atoms with van der Waals surface area (Å²) >= 11 is 0. The van der Waals surface area contributed by atoms with Crippen molar-refractivity contribution in [3.63, 3.8) is 0 Å². The van der Waals surface area contributed by atoms with E-state index in [0.717, 1.165) is 30.8 Å². The highest BCUT2D eigenvalue weighted by Crippen LogP contribution is 2.30. The van der Waals surface area contributed by atoms with Gasteiger partial charge in [-0.15, -0.1) is 0 Å². The second kappa shape index (κ2) is 5.74. The van der Waals surface area contributed by atoms with Gasteiger partial charge in [-0.2, -0.15) is 0 Å². The molecule has 20 heavy (non-hydrogen) atoms. The molecule has 2 aromatic rings. The molecule has 1 aromatic heterocycles. The molecule has 1 heterocycles. The van der Waals surface area contributed by atoms with Crippen molar-refractivity contribution in [2.75, 3.05) is 10.6 Å². The van der Waals surface area contributed by atoms with Crippen LogP contribution in [0.15, 0.2) is 48.8 Å². The summed E-state index contributed by atoms with van der Waals surface area (Å²) in [6.07, 6.45) is 5.62. The number of aromatic nitrogens is 1. The lowest BCUT2D eigenvalue weighted by Gasteiger charge is -2.08. The van der Waals surface area contributed by atoms with Gasteiger partial charge < -0.3 is 10.6 Å². The van der Waals surface area contributed by atoms with Gasteiger partial charge in [-0.05, 0) is 54.8 Å². The van der Waals surface area contributed by atoms with Gasteiger partial charge in [0.15, 0.2) is 0 Å². The third-order valence-electron chi connectivity index (χ3n) is 3.35. The summed E-state index contributed by atoms with van der Waals surface area (Å²) in [7, 11) is 0. The molecule has 1 fully saturated rings. The van der Waals surface area contributed by atoms with Crippen molar-refractivity contribution in [2.24, 2.45) is 5.92 Å². The lowest BCUT2D eigenvalue weighted by Crippen LogP contribution is -2.13. The standard InChI is InChI=1S/C16H17N3O/c20-16(13-1-2-13)19-15-5-3-14(4-6-15)18-11-12-7-9-17-10-8-12/h3-10,13,18H,1-2,11H2,(H,19,20). The van der Waals surface area contributed by atoms with E-state index in [1.54, 1.807) is 12.4 Å². The molecular formula is C16H17N3O. The Hall–Kier alpha value is -2.36. The van der Waals surface area contributed by atoms with E-state index in [0.29, 0.717) is 0 Å². The Bertz CT molecular complexity index is 576. The summed E-state index contributed by atoms with van der Waals surface area (Å²) in [4.78, 5) is 15.6. The highest BCUT2D eigenvalue weighted by molar-refractivity contribution is 5.94. The smallest absolute Gasteiger partial charge is 0.227 e. The molecule has 0 atom stereocenters. The van der Waals surface area contributed by atoms with Crippen LogP contribution in [0.25, 0.3) is 0 Å². The lowest BCUT2D eigenvalue weighted by atomic mass is 10.2. The van der Waals surface area contributed by atoms with Crippen molar-refractivity contribution in [2.45, 2.75) is 19.4 Å². The van der Waals surface area contributed by atoms with Gasteiger partial charge >= 0.3 is 0 Å². The summed E-state index contributed by atoms with van der Waals surface area (Å²) in [5.74, 6) is 0.377. The van der Waals surface area contributed by atoms with E-state index in [2.05, 4.69) is 15.6 Å². The molecule has 3 rings (SSSR count). The van der Waals surface area contributed by atoms with Crippen molar-refractivity contribution >= 4 is 17.3 Å². The lowest BCUT2D eigenvalue weighted by molar-refractivity contribution is -0.117. The van der Waals surface area contributed by atoms with Gasteiger partial charge in [-0.25, -0.2) is 0 Å². The number of anilines is 2. The number of carbonyl (C=O) groups is 1. The van der Waals surface area contributed by atoms with Crippen LogP contribution >= 0.6 is 0 Å². The normalized spacial score (nSPS) is 13.8. The Balaban J connectivity index is 1.54. The van der Waals surface area contributed by atoms with Gasteiger partial charge in [-0.3, -0.25) is 9.78 Å². The molecule has 1 aliphatic rings. The minimum Gasteiger partial charge on any atom is -0.381 e. The molecule has 0 unspecified atom stereocenters. The van der Waals surface area contributed by atoms with Crippen molar-refractivity contribution < 1.29 is 4.79 Å². The zero-order chi connectivity index (χ0) is 13.8. The summed E-state index contributed by atoms with van der Waals surface area (Å²) < 4.78 is 0. The number of pyridine rings is 1. The van der Waals surface area contributed by atoms with Crippen LogP contribution < -0.4 is 10.6 Å². The van der Waals surface area contributed by atoms with Crippen LogP contribution in [0.3, 0.4) is 0 Å². The van der Waals surface area contributed by atoms with Crippen LogP contribution in [-0.4, -0.2) is 10.9 Å². The molecule has 1 aliphatic carbocycles. The molecule has 1 amide bonds. The maximum Gasteiger partial charge on any atom is 0.227 e. The second-order valence-electron chi connectivity index (χ2n) is 5.05. The number of nitrogens with one attached hydrogen (secondary N) is 2. The summed E-state index contributed by atoms with van der Waals surface area (Å²) in [6.45, 7) is 0.760. The molecular weight excluding hydrogens is 250 g/mol. The number of nitrogens with zero attached hydrogens (tertiary/aromatic N) is 1. The molecule has 2 N–H and O–H groups in total. The van der Waals surface area contributed by atoms with Crippen LogP contribution in [0.4, 0.5) is 11.4 Å². The third-order valence-corrected chi connectivity index (χ3v) is 3.35. The number of hydrogen-bond acceptors (Lipinski definition) is 3. The van der Waals surface area contributed by atoms with E-state index in [-0.39, 0.29) is 11.8 Å². The molecule has 4 nitrogen and oxygen atoms in total. The monoisotopic (exact) mass is 267 g/mol. The fourth-order valence-corrected chi connectivity index (χ4v) is 1.97. The second-order valence-corrected chi connectivity index (χ2v) is 5.05. The molecule has 102 valence electrons. The molecule has 0 radical (unpaired) electrons. The highest BCUT2D eigenvalue weighted by Gasteiger charge is 2.29. The van der Waals surface area contributed by atoms with Gasteiger partial charge in [-0.1, -0.05) is 0 Å². The fraction of sp³-hybridized carbons (Fsp3) is 0.250. The van der Waals surface area contributed by atoms with Crippen LogP contribution in [0, 0.1) is 5.92 Å². The largest absolute Gasteiger partial charge is 0.381 e. The number of carbonyl (C=O) groups excluding carboxylic acids is 1. The van der Waals surface area contributed by atoms with Crippen molar-refractivity contribution in [3.8, 4) is 0 Å². The third kappa shape index (κ3) is 3.35. The average Bonchev–Trinajstić information content (AvgIpc) is 3.32. The fourth-order valence-electron chi connectivity index (χ4n) is 1.97. The van der Waals surface area contributed by atoms with E-state index < -0.39 is 0 Å². The first-order valence-electron chi connectivity index (χ1n) is 6.85. The van der Waals surface area contributed by atoms with Crippen LogP contribution in [0.2, 0.25) is 0 Å². The van der Waals surface area contributed by atoms with Crippen LogP contribution in [0.1, 0.15) is 18.4 Å². The molecule has 1 saturated carbocycles. The Morgan fingerprint density at radius 2 is 1.70 bits per heavy atom. The van der Waals surface area contributed by atoms with E-state index in [9.17, 15) is 4.79 Å². The van der Waals surface area contributed by atoms with Gasteiger partial charge in [0.05, 0.1) is 0 Å².